The standard InChI is InChI=1S/C21H17N7/c22-11-17-5-4-16(12-26-17)20-8-6-18(23)21(27-20)28(24)13-14-3-7-19-15(10-14)2-1-9-25-19/h1-10,12H,13,23-24H2. The molecule has 0 amide bonds. The molecule has 7 nitrogen and oxygen atoms in total. The molecule has 0 aliphatic carbocycles. The molecule has 4 N–H and O–H groups in total. The van der Waals surface area contributed by atoms with Crippen LogP contribution in [0.1, 0.15) is 11.3 Å². The second-order valence-corrected chi connectivity index (χ2v) is 6.31. The van der Waals surface area contributed by atoms with Gasteiger partial charge >= 0.3 is 0 Å². The van der Waals surface area contributed by atoms with Crippen molar-refractivity contribution in [2.75, 3.05) is 10.7 Å². The fourth-order valence-corrected chi connectivity index (χ4v) is 2.96. The van der Waals surface area contributed by atoms with Crippen LogP contribution in [0.3, 0.4) is 0 Å². The largest absolute Gasteiger partial charge is 0.396 e. The van der Waals surface area contributed by atoms with E-state index in [-0.39, 0.29) is 0 Å². The van der Waals surface area contributed by atoms with Gasteiger partial charge in [-0.05, 0) is 48.0 Å². The molecule has 7 heteroatoms. The first-order valence-electron chi connectivity index (χ1n) is 8.63. The second kappa shape index (κ2) is 7.31. The summed E-state index contributed by atoms with van der Waals surface area (Å²) in [5.41, 5.74) is 10.4. The smallest absolute Gasteiger partial charge is 0.166 e. The van der Waals surface area contributed by atoms with Crippen molar-refractivity contribution in [2.45, 2.75) is 6.54 Å². The van der Waals surface area contributed by atoms with E-state index in [2.05, 4.69) is 15.0 Å². The maximum atomic E-state index is 8.89. The molecule has 136 valence electrons. The molecule has 0 saturated carbocycles. The molecule has 0 aliphatic rings. The number of nitriles is 1. The van der Waals surface area contributed by atoms with E-state index < -0.39 is 0 Å². The highest BCUT2D eigenvalue weighted by Gasteiger charge is 2.12. The first-order chi connectivity index (χ1) is 13.6. The zero-order valence-electron chi connectivity index (χ0n) is 14.9. The van der Waals surface area contributed by atoms with E-state index >= 15 is 0 Å². The van der Waals surface area contributed by atoms with Crippen LogP contribution in [0.4, 0.5) is 11.5 Å². The zero-order valence-corrected chi connectivity index (χ0v) is 14.9. The number of hydrogen-bond donors (Lipinski definition) is 2. The van der Waals surface area contributed by atoms with Crippen molar-refractivity contribution < 1.29 is 0 Å². The number of nitrogens with zero attached hydrogens (tertiary/aromatic N) is 5. The Morgan fingerprint density at radius 3 is 2.71 bits per heavy atom. The number of fused-ring (bicyclic) bond motifs is 1. The van der Waals surface area contributed by atoms with Crippen LogP contribution in [0.15, 0.2) is 67.0 Å². The summed E-state index contributed by atoms with van der Waals surface area (Å²) in [5, 5.41) is 11.5. The molecule has 4 rings (SSSR count). The Hall–Kier alpha value is -4.02. The average molecular weight is 367 g/mol. The van der Waals surface area contributed by atoms with Gasteiger partial charge in [0.1, 0.15) is 11.8 Å². The summed E-state index contributed by atoms with van der Waals surface area (Å²) < 4.78 is 0. The average Bonchev–Trinajstić information content (AvgIpc) is 2.74. The molecule has 0 spiro atoms. The van der Waals surface area contributed by atoms with Crippen molar-refractivity contribution in [3.63, 3.8) is 0 Å². The lowest BCUT2D eigenvalue weighted by Gasteiger charge is -2.20. The molecular weight excluding hydrogens is 350 g/mol. The maximum Gasteiger partial charge on any atom is 0.166 e. The Morgan fingerprint density at radius 2 is 1.93 bits per heavy atom. The number of hydrazine groups is 1. The Morgan fingerprint density at radius 1 is 1.04 bits per heavy atom. The van der Waals surface area contributed by atoms with Gasteiger partial charge in [0.25, 0.3) is 0 Å². The number of rotatable bonds is 4. The first-order valence-corrected chi connectivity index (χ1v) is 8.63. The molecule has 1 aromatic carbocycles. The minimum atomic E-state index is 0.352. The van der Waals surface area contributed by atoms with Crippen LogP contribution >= 0.6 is 0 Å². The van der Waals surface area contributed by atoms with Gasteiger partial charge in [0.15, 0.2) is 5.82 Å². The van der Waals surface area contributed by atoms with Crippen molar-refractivity contribution in [2.24, 2.45) is 5.84 Å². The van der Waals surface area contributed by atoms with Gasteiger partial charge in [0.2, 0.25) is 0 Å². The van der Waals surface area contributed by atoms with Crippen LogP contribution in [-0.4, -0.2) is 15.0 Å². The number of nitrogen functional groups attached to an aromatic ring is 1. The third kappa shape index (κ3) is 3.45. The number of pyridine rings is 3. The maximum absolute atomic E-state index is 8.89. The molecule has 0 saturated heterocycles. The van der Waals surface area contributed by atoms with Crippen LogP contribution in [0.5, 0.6) is 0 Å². The van der Waals surface area contributed by atoms with E-state index in [1.807, 2.05) is 36.4 Å². The topological polar surface area (TPSA) is 118 Å². The first kappa shape index (κ1) is 17.4. The molecule has 0 atom stereocenters. The van der Waals surface area contributed by atoms with Gasteiger partial charge < -0.3 is 5.73 Å². The lowest BCUT2D eigenvalue weighted by atomic mass is 10.1. The molecule has 0 fully saturated rings. The van der Waals surface area contributed by atoms with E-state index in [4.69, 9.17) is 16.8 Å². The lowest BCUT2D eigenvalue weighted by Crippen LogP contribution is -2.31. The summed E-state index contributed by atoms with van der Waals surface area (Å²) in [6, 6.07) is 18.9. The third-order valence-electron chi connectivity index (χ3n) is 4.37. The summed E-state index contributed by atoms with van der Waals surface area (Å²) in [4.78, 5) is 13.0. The van der Waals surface area contributed by atoms with E-state index in [1.54, 1.807) is 36.7 Å². The van der Waals surface area contributed by atoms with Crippen LogP contribution < -0.4 is 16.6 Å². The molecule has 0 unspecified atom stereocenters. The van der Waals surface area contributed by atoms with Crippen molar-refractivity contribution in [3.05, 3.63) is 78.2 Å². The van der Waals surface area contributed by atoms with Gasteiger partial charge in [-0.1, -0.05) is 12.1 Å². The highest BCUT2D eigenvalue weighted by molar-refractivity contribution is 5.79. The zero-order chi connectivity index (χ0) is 19.5. The molecular formula is C21H17N7. The van der Waals surface area contributed by atoms with Crippen LogP contribution in [0.2, 0.25) is 0 Å². The quantitative estimate of drug-likeness (QED) is 0.420. The summed E-state index contributed by atoms with van der Waals surface area (Å²) in [6.07, 6.45) is 3.38. The molecule has 28 heavy (non-hydrogen) atoms. The Bertz CT molecular complexity index is 1180. The fraction of sp³-hybridized carbons (Fsp3) is 0.0476. The van der Waals surface area contributed by atoms with Crippen LogP contribution in [0.25, 0.3) is 22.2 Å². The van der Waals surface area contributed by atoms with Crippen molar-refractivity contribution in [3.8, 4) is 17.3 Å². The second-order valence-electron chi connectivity index (χ2n) is 6.31. The predicted octanol–water partition coefficient (Wildman–Crippen LogP) is 3.03. The highest BCUT2D eigenvalue weighted by atomic mass is 15.4. The normalized spacial score (nSPS) is 10.6. The van der Waals surface area contributed by atoms with Crippen molar-refractivity contribution in [1.29, 1.82) is 5.26 Å². The Balaban J connectivity index is 1.62. The minimum absolute atomic E-state index is 0.352. The van der Waals surface area contributed by atoms with Gasteiger partial charge in [-0.25, -0.2) is 15.8 Å². The van der Waals surface area contributed by atoms with E-state index in [0.717, 1.165) is 22.0 Å². The Labute approximate surface area is 161 Å². The predicted molar refractivity (Wildman–Crippen MR) is 109 cm³/mol. The lowest BCUT2D eigenvalue weighted by molar-refractivity contribution is 0.836. The number of benzene rings is 1. The van der Waals surface area contributed by atoms with Crippen molar-refractivity contribution in [1.82, 2.24) is 15.0 Å². The van der Waals surface area contributed by atoms with Gasteiger partial charge in [0, 0.05) is 23.3 Å². The van der Waals surface area contributed by atoms with Gasteiger partial charge in [-0.3, -0.25) is 9.99 Å². The third-order valence-corrected chi connectivity index (χ3v) is 4.37. The molecule has 3 aromatic heterocycles. The molecule has 0 aliphatic heterocycles. The molecule has 4 aromatic rings. The van der Waals surface area contributed by atoms with E-state index in [9.17, 15) is 0 Å². The monoisotopic (exact) mass is 367 g/mol. The fourth-order valence-electron chi connectivity index (χ4n) is 2.96. The minimum Gasteiger partial charge on any atom is -0.396 e. The van der Waals surface area contributed by atoms with Crippen LogP contribution in [-0.2, 0) is 6.54 Å². The molecule has 3 heterocycles. The molecule has 0 radical (unpaired) electrons. The van der Waals surface area contributed by atoms with Gasteiger partial charge in [0.05, 0.1) is 23.4 Å². The summed E-state index contributed by atoms with van der Waals surface area (Å²) >= 11 is 0. The highest BCUT2D eigenvalue weighted by Crippen LogP contribution is 2.26. The SMILES string of the molecule is N#Cc1ccc(-c2ccc(N)c(N(N)Cc3ccc4ncccc4c3)n2)cn1. The van der Waals surface area contributed by atoms with Crippen molar-refractivity contribution >= 4 is 22.4 Å². The summed E-state index contributed by atoms with van der Waals surface area (Å²) in [5.74, 6) is 6.76. The van der Waals surface area contributed by atoms with Gasteiger partial charge in [-0.15, -0.1) is 0 Å². The van der Waals surface area contributed by atoms with E-state index in [1.165, 1.54) is 5.01 Å². The molecule has 0 bridgehead atoms. The summed E-state index contributed by atoms with van der Waals surface area (Å²) in [7, 11) is 0. The number of aromatic nitrogens is 3. The summed E-state index contributed by atoms with van der Waals surface area (Å²) in [6.45, 7) is 0.442. The number of hydrogen-bond acceptors (Lipinski definition) is 7. The van der Waals surface area contributed by atoms with E-state index in [0.29, 0.717) is 29.4 Å². The van der Waals surface area contributed by atoms with Gasteiger partial charge in [-0.2, -0.15) is 5.26 Å². The number of nitrogens with two attached hydrogens (primary N) is 2. The van der Waals surface area contributed by atoms with Crippen LogP contribution in [0, 0.1) is 11.3 Å². The Kier molecular flexibility index (Phi) is 4.54. The number of anilines is 2.